The van der Waals surface area contributed by atoms with Gasteiger partial charge < -0.3 is 31.0 Å². The number of nitrogens with one attached hydrogen (secondary N) is 5. The highest BCUT2D eigenvalue weighted by atomic mass is 28.3. The van der Waals surface area contributed by atoms with E-state index in [0.29, 0.717) is 12.8 Å². The number of carbonyl (C=O) groups is 5. The summed E-state index contributed by atoms with van der Waals surface area (Å²) in [6.45, 7) is 23.6. The largest absolute Gasteiger partial charge is 0.458 e. The second-order valence-electron chi connectivity index (χ2n) is 16.4. The molecule has 4 bridgehead atoms. The van der Waals surface area contributed by atoms with Gasteiger partial charge in [0.15, 0.2) is 0 Å². The van der Waals surface area contributed by atoms with Gasteiger partial charge in [0.05, 0.1) is 0 Å². The normalized spacial score (nSPS) is 22.6. The highest BCUT2D eigenvalue weighted by Gasteiger charge is 2.40. The molecule has 1 aromatic heterocycles. The summed E-state index contributed by atoms with van der Waals surface area (Å²) in [5.74, 6) is -2.88. The number of H-pyrrole nitrogens is 1. The molecule has 4 amide bonds. The van der Waals surface area contributed by atoms with Crippen molar-refractivity contribution in [3.8, 4) is 0 Å². The van der Waals surface area contributed by atoms with Gasteiger partial charge in [0.25, 0.3) is 0 Å². The summed E-state index contributed by atoms with van der Waals surface area (Å²) in [6.07, 6.45) is 1.03. The van der Waals surface area contributed by atoms with Crippen LogP contribution in [0.5, 0.6) is 0 Å². The number of hydrogen-bond acceptors (Lipinski definition) is 6. The number of benzene rings is 1. The van der Waals surface area contributed by atoms with Crippen molar-refractivity contribution in [2.75, 3.05) is 0 Å². The van der Waals surface area contributed by atoms with Crippen molar-refractivity contribution < 1.29 is 28.7 Å². The van der Waals surface area contributed by atoms with Gasteiger partial charge in [-0.3, -0.25) is 19.2 Å². The zero-order chi connectivity index (χ0) is 38.4. The van der Waals surface area contributed by atoms with Gasteiger partial charge in [0.1, 0.15) is 37.8 Å². The summed E-state index contributed by atoms with van der Waals surface area (Å²) >= 11 is 0. The highest BCUT2D eigenvalue weighted by molar-refractivity contribution is 6.91. The lowest BCUT2D eigenvalue weighted by Gasteiger charge is -2.32. The van der Waals surface area contributed by atoms with Gasteiger partial charge in [-0.25, -0.2) is 4.79 Å². The molecule has 5 N–H and O–H groups in total. The van der Waals surface area contributed by atoms with Gasteiger partial charge in [-0.1, -0.05) is 92.6 Å². The Hall–Kier alpha value is -3.67. The first-order valence-electron chi connectivity index (χ1n) is 18.8. The summed E-state index contributed by atoms with van der Waals surface area (Å²) in [4.78, 5) is 72.0. The Labute approximate surface area is 305 Å². The van der Waals surface area contributed by atoms with Crippen molar-refractivity contribution in [3.63, 3.8) is 0 Å². The van der Waals surface area contributed by atoms with Crippen LogP contribution in [0.15, 0.2) is 18.2 Å². The van der Waals surface area contributed by atoms with E-state index in [1.807, 2.05) is 59.7 Å². The van der Waals surface area contributed by atoms with Crippen LogP contribution >= 0.6 is 0 Å². The number of carbonyl (C=O) groups excluding carboxylic acids is 5. The van der Waals surface area contributed by atoms with Gasteiger partial charge in [-0.15, -0.1) is 0 Å². The van der Waals surface area contributed by atoms with E-state index in [-0.39, 0.29) is 24.2 Å². The average molecular weight is 726 g/mol. The summed E-state index contributed by atoms with van der Waals surface area (Å²) in [7, 11) is -2.10. The number of rotatable bonds is 11. The standard InChI is InChI=1S/C39H63N5O6Si/c1-13-51(14-2,15-3)37-27-20-30(38(49)50-39(10,11)12)42-35(47)32(24(8)9)44-34(46)29(18-22(4)5)41-36(48)33(40-21-45)31(23(6)7)25-16-17-26(27)28(19-25)43-37/h16-17,19,21-24,29-33,43H,13-15,18,20H2,1-12H3,(H,40,45)(H,41,48)(H,42,47)(H,44,46)/t29-,30-,31+,32-,33-/m0/s1. The first kappa shape index (κ1) is 41.7. The molecular formula is C39H63N5O6Si. The van der Waals surface area contributed by atoms with Crippen LogP contribution in [0.2, 0.25) is 18.1 Å². The zero-order valence-electron chi connectivity index (χ0n) is 32.9. The van der Waals surface area contributed by atoms with Crippen LogP contribution in [0.25, 0.3) is 10.9 Å². The molecule has 51 heavy (non-hydrogen) atoms. The maximum absolute atomic E-state index is 14.2. The van der Waals surface area contributed by atoms with Crippen molar-refractivity contribution in [2.45, 2.75) is 150 Å². The van der Waals surface area contributed by atoms with E-state index in [2.05, 4.69) is 47.0 Å². The molecule has 0 unspecified atom stereocenters. The molecule has 12 heteroatoms. The van der Waals surface area contributed by atoms with Crippen LogP contribution in [0.3, 0.4) is 0 Å². The van der Waals surface area contributed by atoms with E-state index in [1.54, 1.807) is 20.8 Å². The fourth-order valence-corrected chi connectivity index (χ4v) is 11.4. The second kappa shape index (κ2) is 17.2. The Morgan fingerprint density at radius 1 is 0.922 bits per heavy atom. The first-order chi connectivity index (χ1) is 23.8. The van der Waals surface area contributed by atoms with E-state index >= 15 is 0 Å². The number of hydrogen-bond donors (Lipinski definition) is 5. The molecule has 11 nitrogen and oxygen atoms in total. The highest BCUT2D eigenvalue weighted by Crippen LogP contribution is 2.34. The van der Waals surface area contributed by atoms with Crippen molar-refractivity contribution in [3.05, 3.63) is 29.3 Å². The van der Waals surface area contributed by atoms with Crippen LogP contribution in [0, 0.1) is 17.8 Å². The van der Waals surface area contributed by atoms with Gasteiger partial charge in [0, 0.05) is 28.6 Å². The zero-order valence-corrected chi connectivity index (χ0v) is 33.9. The fraction of sp³-hybridized carbons (Fsp3) is 0.667. The van der Waals surface area contributed by atoms with E-state index in [1.165, 1.54) is 0 Å². The van der Waals surface area contributed by atoms with E-state index < -0.39 is 67.5 Å². The van der Waals surface area contributed by atoms with E-state index in [9.17, 15) is 24.0 Å². The molecule has 2 aliphatic rings. The van der Waals surface area contributed by atoms with Gasteiger partial charge in [0.2, 0.25) is 24.1 Å². The quantitative estimate of drug-likeness (QED) is 0.0970. The molecule has 3 heterocycles. The van der Waals surface area contributed by atoms with Gasteiger partial charge in [-0.05, 0) is 62.1 Å². The number of fused-ring (bicyclic) bond motifs is 12. The van der Waals surface area contributed by atoms with E-state index in [0.717, 1.165) is 45.5 Å². The molecule has 1 aromatic carbocycles. The van der Waals surface area contributed by atoms with Crippen LogP contribution in [0.4, 0.5) is 0 Å². The van der Waals surface area contributed by atoms with Crippen LogP contribution in [0.1, 0.15) is 107 Å². The molecule has 5 atom stereocenters. The molecule has 4 rings (SSSR count). The number of aromatic nitrogens is 1. The minimum absolute atomic E-state index is 0.0277. The van der Waals surface area contributed by atoms with Crippen LogP contribution in [-0.2, 0) is 35.1 Å². The van der Waals surface area contributed by atoms with Gasteiger partial charge >= 0.3 is 5.97 Å². The first-order valence-corrected chi connectivity index (χ1v) is 21.4. The lowest BCUT2D eigenvalue weighted by atomic mass is 9.81. The lowest BCUT2D eigenvalue weighted by Crippen LogP contribution is -2.60. The van der Waals surface area contributed by atoms with Crippen LogP contribution < -0.4 is 26.6 Å². The fourth-order valence-electron chi connectivity index (χ4n) is 7.59. The monoisotopic (exact) mass is 725 g/mol. The smallest absolute Gasteiger partial charge is 0.329 e. The Morgan fingerprint density at radius 2 is 1.55 bits per heavy atom. The maximum atomic E-state index is 14.2. The van der Waals surface area contributed by atoms with Crippen molar-refractivity contribution in [1.82, 2.24) is 26.3 Å². The molecule has 0 radical (unpaired) electrons. The van der Waals surface area contributed by atoms with Crippen molar-refractivity contribution >= 4 is 54.4 Å². The van der Waals surface area contributed by atoms with Crippen molar-refractivity contribution in [2.24, 2.45) is 17.8 Å². The molecule has 284 valence electrons. The minimum Gasteiger partial charge on any atom is -0.458 e. The Morgan fingerprint density at radius 3 is 2.06 bits per heavy atom. The van der Waals surface area contributed by atoms with Gasteiger partial charge in [-0.2, -0.15) is 0 Å². The summed E-state index contributed by atoms with van der Waals surface area (Å²) < 4.78 is 5.90. The third kappa shape index (κ3) is 9.81. The van der Waals surface area contributed by atoms with E-state index in [4.69, 9.17) is 4.74 Å². The maximum Gasteiger partial charge on any atom is 0.329 e. The molecule has 2 aliphatic heterocycles. The SMILES string of the molecule is CC[Si](CC)(CC)c1[nH]c2cc3ccc2c1C[C@@H](C(=O)OC(C)(C)C)NC(=O)[C@H](C(C)C)NC(=O)[C@H](CC(C)C)NC(=O)[C@@H](NC=O)[C@@H]3C(C)C. The Balaban J connectivity index is 2.41. The molecule has 0 saturated heterocycles. The number of amides is 4. The third-order valence-corrected chi connectivity index (χ3v) is 16.0. The van der Waals surface area contributed by atoms with Crippen LogP contribution in [-0.4, -0.2) is 72.9 Å². The number of esters is 1. The van der Waals surface area contributed by atoms with Crippen molar-refractivity contribution in [1.29, 1.82) is 0 Å². The average Bonchev–Trinajstić information content (AvgIpc) is 3.39. The number of ether oxygens (including phenoxy) is 1. The topological polar surface area (TPSA) is 158 Å². The molecule has 0 aliphatic carbocycles. The summed E-state index contributed by atoms with van der Waals surface area (Å²) in [5, 5.41) is 13.6. The Bertz CT molecular complexity index is 1550. The molecular weight excluding hydrogens is 663 g/mol. The summed E-state index contributed by atoms with van der Waals surface area (Å²) in [6, 6.07) is 5.03. The Kier molecular flexibility index (Phi) is 14.1. The third-order valence-electron chi connectivity index (χ3n) is 10.5. The minimum atomic E-state index is -2.10. The predicted molar refractivity (Wildman–Crippen MR) is 205 cm³/mol. The molecule has 2 aromatic rings. The summed E-state index contributed by atoms with van der Waals surface area (Å²) in [5.41, 5.74) is 1.90. The molecule has 0 saturated carbocycles. The number of aromatic amines is 1. The molecule has 0 fully saturated rings. The molecule has 0 spiro atoms. The second-order valence-corrected chi connectivity index (χ2v) is 21.6. The lowest BCUT2D eigenvalue weighted by molar-refractivity contribution is -0.158. The predicted octanol–water partition coefficient (Wildman–Crippen LogP) is 4.79.